The van der Waals surface area contributed by atoms with Gasteiger partial charge in [0, 0.05) is 0 Å². The molecule has 2 saturated carbocycles. The van der Waals surface area contributed by atoms with Gasteiger partial charge in [-0.15, -0.1) is 6.58 Å². The summed E-state index contributed by atoms with van der Waals surface area (Å²) in [5.41, 5.74) is 5.34. The minimum atomic E-state index is -0.971. The lowest BCUT2D eigenvalue weighted by Crippen LogP contribution is -2.32. The summed E-state index contributed by atoms with van der Waals surface area (Å²) >= 11 is 0. The molecule has 2 fully saturated rings. The van der Waals surface area contributed by atoms with Gasteiger partial charge in [0.05, 0.1) is 13.2 Å². The molecule has 0 aromatic heterocycles. The van der Waals surface area contributed by atoms with Crippen LogP contribution in [0, 0.1) is 29.4 Å². The van der Waals surface area contributed by atoms with Gasteiger partial charge in [0.2, 0.25) is 11.6 Å². The van der Waals surface area contributed by atoms with E-state index in [4.69, 9.17) is 9.47 Å². The molecule has 0 bridgehead atoms. The lowest BCUT2D eigenvalue weighted by molar-refractivity contribution is 0.0901. The Morgan fingerprint density at radius 1 is 0.769 bits per heavy atom. The normalized spacial score (nSPS) is 22.6. The van der Waals surface area contributed by atoms with Gasteiger partial charge >= 0.3 is 0 Å². The quantitative estimate of drug-likeness (QED) is 0.243. The molecule has 4 heteroatoms. The number of ether oxygens (including phenoxy) is 2. The Hall–Kier alpha value is -3.14. The number of benzene rings is 3. The zero-order valence-corrected chi connectivity index (χ0v) is 23.0. The van der Waals surface area contributed by atoms with Gasteiger partial charge in [0.15, 0.2) is 11.5 Å². The van der Waals surface area contributed by atoms with E-state index in [2.05, 4.69) is 55.1 Å². The molecule has 0 N–H and O–H groups in total. The summed E-state index contributed by atoms with van der Waals surface area (Å²) in [6, 6.07) is 21.0. The van der Waals surface area contributed by atoms with Crippen LogP contribution in [0.4, 0.5) is 8.78 Å². The minimum Gasteiger partial charge on any atom is -0.491 e. The Kier molecular flexibility index (Phi) is 9.01. The number of allylic oxidation sites excluding steroid dienone is 1. The van der Waals surface area contributed by atoms with Crippen LogP contribution in [0.2, 0.25) is 0 Å². The van der Waals surface area contributed by atoms with Crippen molar-refractivity contribution in [2.24, 2.45) is 17.8 Å². The van der Waals surface area contributed by atoms with Gasteiger partial charge in [0.1, 0.15) is 0 Å². The van der Waals surface area contributed by atoms with Crippen LogP contribution in [0.25, 0.3) is 11.1 Å². The molecule has 3 aromatic carbocycles. The summed E-state index contributed by atoms with van der Waals surface area (Å²) in [4.78, 5) is 0. The van der Waals surface area contributed by atoms with Crippen molar-refractivity contribution in [3.8, 4) is 22.6 Å². The average molecular weight is 531 g/mol. The minimum absolute atomic E-state index is 0.0196. The molecule has 4 atom stereocenters. The summed E-state index contributed by atoms with van der Waals surface area (Å²) in [5.74, 6) is 0.432. The first-order valence-electron chi connectivity index (χ1n) is 14.6. The molecule has 5 rings (SSSR count). The predicted molar refractivity (Wildman–Crippen MR) is 154 cm³/mol. The first-order chi connectivity index (χ1) is 19.1. The zero-order chi connectivity index (χ0) is 27.2. The van der Waals surface area contributed by atoms with E-state index in [1.54, 1.807) is 6.92 Å². The molecule has 0 aliphatic heterocycles. The van der Waals surface area contributed by atoms with Crippen LogP contribution < -0.4 is 9.47 Å². The second kappa shape index (κ2) is 12.8. The topological polar surface area (TPSA) is 18.5 Å². The van der Waals surface area contributed by atoms with Crippen molar-refractivity contribution < 1.29 is 18.3 Å². The molecule has 2 aliphatic rings. The van der Waals surface area contributed by atoms with Crippen LogP contribution in [0.1, 0.15) is 68.9 Å². The van der Waals surface area contributed by atoms with Crippen molar-refractivity contribution in [1.82, 2.24) is 0 Å². The van der Waals surface area contributed by atoms with Crippen LogP contribution in [0.3, 0.4) is 0 Å². The first-order valence-corrected chi connectivity index (χ1v) is 14.6. The Balaban J connectivity index is 1.12. The van der Waals surface area contributed by atoms with E-state index >= 15 is 0 Å². The van der Waals surface area contributed by atoms with E-state index in [9.17, 15) is 8.78 Å². The van der Waals surface area contributed by atoms with Crippen molar-refractivity contribution in [1.29, 1.82) is 0 Å². The fourth-order valence-electron chi connectivity index (χ4n) is 6.62. The van der Waals surface area contributed by atoms with Crippen LogP contribution in [0.5, 0.6) is 11.5 Å². The van der Waals surface area contributed by atoms with Gasteiger partial charge in [-0.3, -0.25) is 0 Å². The van der Waals surface area contributed by atoms with Gasteiger partial charge in [-0.05, 0) is 116 Å². The van der Waals surface area contributed by atoms with E-state index in [0.717, 1.165) is 31.6 Å². The van der Waals surface area contributed by atoms with E-state index in [0.29, 0.717) is 31.0 Å². The molecule has 3 aromatic rings. The summed E-state index contributed by atoms with van der Waals surface area (Å²) in [5, 5.41) is 0. The highest BCUT2D eigenvalue weighted by Crippen LogP contribution is 2.48. The highest BCUT2D eigenvalue weighted by Gasteiger charge is 2.36. The Labute approximate surface area is 232 Å². The van der Waals surface area contributed by atoms with Crippen molar-refractivity contribution in [3.63, 3.8) is 0 Å². The molecule has 2 nitrogen and oxygen atoms in total. The highest BCUT2D eigenvalue weighted by molar-refractivity contribution is 5.64. The highest BCUT2D eigenvalue weighted by atomic mass is 19.2. The lowest BCUT2D eigenvalue weighted by Gasteiger charge is -2.42. The number of fused-ring (bicyclic) bond motifs is 1. The molecular formula is C35H40F2O2. The number of aryl methyl sites for hydroxylation is 1. The summed E-state index contributed by atoms with van der Waals surface area (Å²) < 4.78 is 39.5. The van der Waals surface area contributed by atoms with Crippen molar-refractivity contribution in [2.75, 3.05) is 13.2 Å². The van der Waals surface area contributed by atoms with Crippen LogP contribution in [-0.4, -0.2) is 13.2 Å². The maximum atomic E-state index is 14.4. The third-order valence-corrected chi connectivity index (χ3v) is 8.81. The molecule has 4 unspecified atom stereocenters. The predicted octanol–water partition coefficient (Wildman–Crippen LogP) is 9.53. The Morgan fingerprint density at radius 2 is 1.38 bits per heavy atom. The zero-order valence-electron chi connectivity index (χ0n) is 23.0. The molecule has 0 radical (unpaired) electrons. The number of hydrogen-bond acceptors (Lipinski definition) is 2. The smallest absolute Gasteiger partial charge is 0.204 e. The van der Waals surface area contributed by atoms with Crippen molar-refractivity contribution >= 4 is 0 Å². The molecule has 39 heavy (non-hydrogen) atoms. The fraction of sp³-hybridized carbons (Fsp3) is 0.429. The number of halogens is 2. The van der Waals surface area contributed by atoms with E-state index < -0.39 is 11.6 Å². The van der Waals surface area contributed by atoms with E-state index in [-0.39, 0.29) is 11.5 Å². The first kappa shape index (κ1) is 27.4. The summed E-state index contributed by atoms with van der Waals surface area (Å²) in [6.07, 6.45) is 11.1. The van der Waals surface area contributed by atoms with Gasteiger partial charge in [-0.25, -0.2) is 0 Å². The molecule has 0 amide bonds. The van der Waals surface area contributed by atoms with Gasteiger partial charge < -0.3 is 9.47 Å². The Bertz CT molecular complexity index is 1230. The van der Waals surface area contributed by atoms with Gasteiger partial charge in [-0.1, -0.05) is 54.6 Å². The third kappa shape index (κ3) is 6.54. The summed E-state index contributed by atoms with van der Waals surface area (Å²) in [6.45, 7) is 6.29. The number of hydrogen-bond donors (Lipinski definition) is 0. The van der Waals surface area contributed by atoms with Crippen molar-refractivity contribution in [3.05, 3.63) is 96.1 Å². The fourth-order valence-corrected chi connectivity index (χ4v) is 6.62. The molecule has 2 aliphatic carbocycles. The molecule has 0 saturated heterocycles. The van der Waals surface area contributed by atoms with Crippen LogP contribution in [-0.2, 0) is 6.42 Å². The molecule has 206 valence electrons. The standard InChI is InChI=1S/C35H40F2O2/c1-3-5-6-24-7-10-26(11-8-24)27-13-15-28(16-14-27)30-18-17-29-21-25(9-12-31(29)22-30)23-39-33-20-19-32(38-4-2)34(36)35(33)37/h3,7-8,10-11,13-16,19-20,25,29-31H,1,4-6,9,12,17-18,21-23H2,2H3. The molecule has 0 heterocycles. The number of rotatable bonds is 10. The second-order valence-corrected chi connectivity index (χ2v) is 11.3. The SMILES string of the molecule is C=CCCc1ccc(-c2ccc(C3CCC4CC(COc5ccc(OCC)c(F)c5F)CCC4C3)cc2)cc1. The molecular weight excluding hydrogens is 490 g/mol. The average Bonchev–Trinajstić information content (AvgIpc) is 2.98. The van der Waals surface area contributed by atoms with E-state index in [1.165, 1.54) is 60.1 Å². The van der Waals surface area contributed by atoms with Crippen LogP contribution in [0.15, 0.2) is 73.3 Å². The lowest BCUT2D eigenvalue weighted by atomic mass is 9.64. The van der Waals surface area contributed by atoms with Gasteiger partial charge in [-0.2, -0.15) is 8.78 Å². The van der Waals surface area contributed by atoms with Crippen LogP contribution >= 0.6 is 0 Å². The van der Waals surface area contributed by atoms with Gasteiger partial charge in [0.25, 0.3) is 0 Å². The maximum Gasteiger partial charge on any atom is 0.204 e. The second-order valence-electron chi connectivity index (χ2n) is 11.3. The Morgan fingerprint density at radius 3 is 2.05 bits per heavy atom. The largest absolute Gasteiger partial charge is 0.491 e. The maximum absolute atomic E-state index is 14.4. The van der Waals surface area contributed by atoms with E-state index in [1.807, 2.05) is 6.08 Å². The summed E-state index contributed by atoms with van der Waals surface area (Å²) in [7, 11) is 0. The van der Waals surface area contributed by atoms with Crippen molar-refractivity contribution in [2.45, 2.75) is 64.2 Å². The molecule has 0 spiro atoms. The third-order valence-electron chi connectivity index (χ3n) is 8.81. The monoisotopic (exact) mass is 530 g/mol.